The molecule has 0 fully saturated rings. The lowest BCUT2D eigenvalue weighted by Crippen LogP contribution is -1.90. The van der Waals surface area contributed by atoms with Gasteiger partial charge in [-0.15, -0.1) is 0 Å². The molecule has 0 N–H and O–H groups in total. The van der Waals surface area contributed by atoms with Crippen molar-refractivity contribution in [2.75, 3.05) is 0 Å². The van der Waals surface area contributed by atoms with E-state index in [4.69, 9.17) is 0 Å². The van der Waals surface area contributed by atoms with Crippen LogP contribution >= 0.6 is 0 Å². The first-order valence-electron chi connectivity index (χ1n) is 15.3. The third kappa shape index (κ3) is 3.92. The fourth-order valence-corrected chi connectivity index (χ4v) is 7.10. The van der Waals surface area contributed by atoms with Crippen LogP contribution in [0.2, 0.25) is 0 Å². The lowest BCUT2D eigenvalue weighted by Gasteiger charge is -2.17. The molecule has 0 aliphatic rings. The monoisotopic (exact) mass is 556 g/mol. The Kier molecular flexibility index (Phi) is 5.61. The standard InChI is InChI=1S/C44H28/c1-2-11-29(12-3-1)32-15-10-16-35(26-32)41-28-43-37-18-7-6-17-36(37)42-27-34(33-22-21-30-13-4-5-14-31(30)25-33)23-24-40(42)44(43)39-20-9-8-19-38(39)41/h1-28H. The van der Waals surface area contributed by atoms with Gasteiger partial charge in [0.05, 0.1) is 0 Å². The van der Waals surface area contributed by atoms with E-state index in [-0.39, 0.29) is 0 Å². The highest BCUT2D eigenvalue weighted by Gasteiger charge is 2.16. The summed E-state index contributed by atoms with van der Waals surface area (Å²) in [7, 11) is 0. The highest BCUT2D eigenvalue weighted by Crippen LogP contribution is 2.44. The summed E-state index contributed by atoms with van der Waals surface area (Å²) in [5.74, 6) is 0. The van der Waals surface area contributed by atoms with E-state index in [9.17, 15) is 0 Å². The summed E-state index contributed by atoms with van der Waals surface area (Å²) < 4.78 is 0. The molecule has 0 spiro atoms. The van der Waals surface area contributed by atoms with Gasteiger partial charge in [-0.2, -0.15) is 0 Å². The third-order valence-electron chi connectivity index (χ3n) is 9.20. The largest absolute Gasteiger partial charge is 0.0622 e. The van der Waals surface area contributed by atoms with Crippen LogP contribution < -0.4 is 0 Å². The summed E-state index contributed by atoms with van der Waals surface area (Å²) in [5, 5.41) is 12.9. The molecule has 9 aromatic rings. The maximum atomic E-state index is 2.43. The van der Waals surface area contributed by atoms with E-state index in [1.54, 1.807) is 0 Å². The maximum Gasteiger partial charge on any atom is -0.00199 e. The summed E-state index contributed by atoms with van der Waals surface area (Å²) in [6.07, 6.45) is 0. The van der Waals surface area contributed by atoms with Crippen LogP contribution in [0.15, 0.2) is 170 Å². The van der Waals surface area contributed by atoms with Gasteiger partial charge in [-0.1, -0.05) is 146 Å². The Morgan fingerprint density at radius 3 is 1.64 bits per heavy atom. The summed E-state index contributed by atoms with van der Waals surface area (Å²) >= 11 is 0. The minimum Gasteiger partial charge on any atom is -0.0622 e. The van der Waals surface area contributed by atoms with Crippen LogP contribution in [0, 0.1) is 0 Å². The van der Waals surface area contributed by atoms with E-state index in [1.807, 2.05) is 0 Å². The normalized spacial score (nSPS) is 11.6. The fraction of sp³-hybridized carbons (Fsp3) is 0. The zero-order valence-corrected chi connectivity index (χ0v) is 24.2. The van der Waals surface area contributed by atoms with E-state index in [2.05, 4.69) is 170 Å². The molecule has 0 aliphatic heterocycles. The van der Waals surface area contributed by atoms with E-state index < -0.39 is 0 Å². The van der Waals surface area contributed by atoms with E-state index in [0.717, 1.165) is 0 Å². The minimum absolute atomic E-state index is 1.23. The fourth-order valence-electron chi connectivity index (χ4n) is 7.10. The van der Waals surface area contributed by atoms with Crippen LogP contribution in [0.4, 0.5) is 0 Å². The molecule has 9 rings (SSSR count). The van der Waals surface area contributed by atoms with Crippen molar-refractivity contribution in [2.45, 2.75) is 0 Å². The molecule has 0 radical (unpaired) electrons. The molecule has 0 saturated heterocycles. The van der Waals surface area contributed by atoms with Gasteiger partial charge in [-0.25, -0.2) is 0 Å². The number of hydrogen-bond donors (Lipinski definition) is 0. The van der Waals surface area contributed by atoms with Crippen molar-refractivity contribution in [1.29, 1.82) is 0 Å². The lowest BCUT2D eigenvalue weighted by atomic mass is 9.86. The van der Waals surface area contributed by atoms with Crippen molar-refractivity contribution >= 4 is 53.9 Å². The third-order valence-corrected chi connectivity index (χ3v) is 9.20. The van der Waals surface area contributed by atoms with Crippen molar-refractivity contribution in [1.82, 2.24) is 0 Å². The lowest BCUT2D eigenvalue weighted by molar-refractivity contribution is 1.61. The summed E-state index contributed by atoms with van der Waals surface area (Å²) in [6.45, 7) is 0. The van der Waals surface area contributed by atoms with Crippen molar-refractivity contribution < 1.29 is 0 Å². The van der Waals surface area contributed by atoms with Crippen LogP contribution in [0.5, 0.6) is 0 Å². The molecular weight excluding hydrogens is 528 g/mol. The number of hydrogen-bond acceptors (Lipinski definition) is 0. The molecule has 0 heteroatoms. The van der Waals surface area contributed by atoms with E-state index in [1.165, 1.54) is 87.2 Å². The quantitative estimate of drug-likeness (QED) is 0.190. The van der Waals surface area contributed by atoms with Crippen molar-refractivity contribution in [2.24, 2.45) is 0 Å². The molecule has 0 nitrogen and oxygen atoms in total. The predicted octanol–water partition coefficient (Wildman–Crippen LogP) is 12.5. The number of fused-ring (bicyclic) bond motifs is 9. The molecule has 0 heterocycles. The van der Waals surface area contributed by atoms with Crippen LogP contribution in [-0.2, 0) is 0 Å². The Balaban J connectivity index is 1.34. The summed E-state index contributed by atoms with van der Waals surface area (Å²) in [6, 6.07) is 62.3. The second kappa shape index (κ2) is 9.93. The van der Waals surface area contributed by atoms with Gasteiger partial charge in [0.2, 0.25) is 0 Å². The molecule has 0 aliphatic carbocycles. The highest BCUT2D eigenvalue weighted by atomic mass is 14.2. The molecule has 0 unspecified atom stereocenters. The maximum absolute atomic E-state index is 2.43. The van der Waals surface area contributed by atoms with Crippen molar-refractivity contribution in [3.05, 3.63) is 170 Å². The van der Waals surface area contributed by atoms with Gasteiger partial charge in [-0.05, 0) is 112 Å². The van der Waals surface area contributed by atoms with Gasteiger partial charge in [0.15, 0.2) is 0 Å². The van der Waals surface area contributed by atoms with Gasteiger partial charge in [0, 0.05) is 0 Å². The first-order valence-corrected chi connectivity index (χ1v) is 15.3. The predicted molar refractivity (Wildman–Crippen MR) is 190 cm³/mol. The molecule has 0 bridgehead atoms. The first-order chi connectivity index (χ1) is 21.8. The van der Waals surface area contributed by atoms with Gasteiger partial charge < -0.3 is 0 Å². The van der Waals surface area contributed by atoms with Gasteiger partial charge in [0.25, 0.3) is 0 Å². The highest BCUT2D eigenvalue weighted by molar-refractivity contribution is 6.33. The molecule has 9 aromatic carbocycles. The van der Waals surface area contributed by atoms with E-state index in [0.29, 0.717) is 0 Å². The Labute approximate surface area is 256 Å². The smallest absolute Gasteiger partial charge is 0.00199 e. The average molecular weight is 557 g/mol. The summed E-state index contributed by atoms with van der Waals surface area (Å²) in [4.78, 5) is 0. The molecule has 0 aromatic heterocycles. The van der Waals surface area contributed by atoms with Crippen LogP contribution in [-0.4, -0.2) is 0 Å². The Morgan fingerprint density at radius 1 is 0.227 bits per heavy atom. The molecule has 44 heavy (non-hydrogen) atoms. The van der Waals surface area contributed by atoms with Crippen molar-refractivity contribution in [3.63, 3.8) is 0 Å². The van der Waals surface area contributed by atoms with Gasteiger partial charge >= 0.3 is 0 Å². The SMILES string of the molecule is c1ccc(-c2cccc(-c3cc4c5ccccc5c5cc(-c6ccc7ccccc7c6)ccc5c4c4ccccc34)c2)cc1. The average Bonchev–Trinajstić information content (AvgIpc) is 3.11. The van der Waals surface area contributed by atoms with E-state index >= 15 is 0 Å². The molecular formula is C44H28. The molecule has 0 atom stereocenters. The first kappa shape index (κ1) is 24.8. The molecule has 0 amide bonds. The van der Waals surface area contributed by atoms with Crippen LogP contribution in [0.3, 0.4) is 0 Å². The Hall–Kier alpha value is -5.72. The number of benzene rings is 9. The summed E-state index contributed by atoms with van der Waals surface area (Å²) in [5.41, 5.74) is 7.46. The van der Waals surface area contributed by atoms with Gasteiger partial charge in [0.1, 0.15) is 0 Å². The topological polar surface area (TPSA) is 0 Å². The van der Waals surface area contributed by atoms with Crippen LogP contribution in [0.1, 0.15) is 0 Å². The second-order valence-electron chi connectivity index (χ2n) is 11.7. The van der Waals surface area contributed by atoms with Gasteiger partial charge in [-0.3, -0.25) is 0 Å². The number of rotatable bonds is 3. The second-order valence-corrected chi connectivity index (χ2v) is 11.7. The molecule has 0 saturated carbocycles. The molecule has 204 valence electrons. The van der Waals surface area contributed by atoms with Crippen molar-refractivity contribution in [3.8, 4) is 33.4 Å². The Morgan fingerprint density at radius 2 is 0.795 bits per heavy atom. The zero-order chi connectivity index (χ0) is 29.0. The zero-order valence-electron chi connectivity index (χ0n) is 24.2. The minimum atomic E-state index is 1.23. The van der Waals surface area contributed by atoms with Crippen LogP contribution in [0.25, 0.3) is 87.2 Å². The Bertz CT molecular complexity index is 2540.